The number of carbonyl (C=O) groups excluding carboxylic acids is 2. The van der Waals surface area contributed by atoms with Gasteiger partial charge in [0.15, 0.2) is 0 Å². The van der Waals surface area contributed by atoms with Gasteiger partial charge in [-0.25, -0.2) is 0 Å². The third kappa shape index (κ3) is 3.84. The number of carboxylic acids is 1. The second kappa shape index (κ2) is 7.55. The predicted octanol–water partition coefficient (Wildman–Crippen LogP) is 0.818. The summed E-state index contributed by atoms with van der Waals surface area (Å²) in [6.07, 6.45) is 2.62. The van der Waals surface area contributed by atoms with Crippen LogP contribution in [0.5, 0.6) is 0 Å². The van der Waals surface area contributed by atoms with Crippen molar-refractivity contribution in [3.05, 3.63) is 30.5 Å². The number of piperidine rings is 1. The molecule has 1 aromatic heterocycles. The summed E-state index contributed by atoms with van der Waals surface area (Å²) in [5.74, 6) is -1.55. The van der Waals surface area contributed by atoms with Crippen molar-refractivity contribution >= 4 is 28.7 Å². The van der Waals surface area contributed by atoms with Crippen LogP contribution in [-0.4, -0.2) is 69.2 Å². The highest BCUT2D eigenvalue weighted by Gasteiger charge is 2.27. The second-order valence-electron chi connectivity index (χ2n) is 6.60. The Bertz CT molecular complexity index is 823. The number of aromatic nitrogens is 2. The fourth-order valence-electron chi connectivity index (χ4n) is 3.17. The highest BCUT2D eigenvalue weighted by Crippen LogP contribution is 2.17. The molecule has 1 aliphatic heterocycles. The lowest BCUT2D eigenvalue weighted by Gasteiger charge is -2.31. The van der Waals surface area contributed by atoms with Crippen LogP contribution in [0.1, 0.15) is 12.8 Å². The zero-order valence-corrected chi connectivity index (χ0v) is 14.7. The highest BCUT2D eigenvalue weighted by molar-refractivity contribution is 5.86. The van der Waals surface area contributed by atoms with E-state index in [9.17, 15) is 14.4 Å². The number of hydrogen-bond acceptors (Lipinski definition) is 4. The van der Waals surface area contributed by atoms with Gasteiger partial charge < -0.3 is 14.9 Å². The summed E-state index contributed by atoms with van der Waals surface area (Å²) in [7, 11) is 1.59. The molecule has 0 atom stereocenters. The van der Waals surface area contributed by atoms with Crippen LogP contribution in [-0.2, 0) is 20.9 Å². The molecule has 0 bridgehead atoms. The SMILES string of the molecule is CN(CC(=O)N1CCC(C(=O)O)CC1)C(=O)Cn1ncc2ccccc21. The van der Waals surface area contributed by atoms with Crippen molar-refractivity contribution < 1.29 is 19.5 Å². The van der Waals surface area contributed by atoms with Gasteiger partial charge in [0.05, 0.1) is 24.2 Å². The third-order valence-corrected chi connectivity index (χ3v) is 4.83. The average Bonchev–Trinajstić information content (AvgIpc) is 3.04. The smallest absolute Gasteiger partial charge is 0.306 e. The number of fused-ring (bicyclic) bond motifs is 1. The first-order valence-electron chi connectivity index (χ1n) is 8.61. The van der Waals surface area contributed by atoms with Gasteiger partial charge in [-0.1, -0.05) is 18.2 Å². The summed E-state index contributed by atoms with van der Waals surface area (Å²) in [5, 5.41) is 14.2. The molecule has 0 radical (unpaired) electrons. The lowest BCUT2D eigenvalue weighted by atomic mass is 9.97. The Hall–Kier alpha value is -2.90. The number of likely N-dealkylation sites (N-methyl/N-ethyl adjacent to an activating group) is 1. The van der Waals surface area contributed by atoms with Crippen LogP contribution in [0.2, 0.25) is 0 Å². The van der Waals surface area contributed by atoms with Crippen LogP contribution in [0.15, 0.2) is 30.5 Å². The first-order chi connectivity index (χ1) is 12.5. The van der Waals surface area contributed by atoms with Gasteiger partial charge in [0, 0.05) is 25.5 Å². The summed E-state index contributed by atoms with van der Waals surface area (Å²) in [5.41, 5.74) is 0.872. The van der Waals surface area contributed by atoms with E-state index in [1.165, 1.54) is 4.90 Å². The van der Waals surface area contributed by atoms with Crippen molar-refractivity contribution in [3.8, 4) is 0 Å². The summed E-state index contributed by atoms with van der Waals surface area (Å²) < 4.78 is 1.62. The van der Waals surface area contributed by atoms with E-state index in [2.05, 4.69) is 5.10 Å². The molecule has 0 saturated carbocycles. The van der Waals surface area contributed by atoms with E-state index < -0.39 is 5.97 Å². The zero-order chi connectivity index (χ0) is 18.7. The molecule has 3 rings (SSSR count). The first kappa shape index (κ1) is 17.9. The van der Waals surface area contributed by atoms with Gasteiger partial charge in [0.1, 0.15) is 6.54 Å². The number of aliphatic carboxylic acids is 1. The molecule has 2 amide bonds. The maximum Gasteiger partial charge on any atom is 0.306 e. The molecule has 8 heteroatoms. The molecule has 8 nitrogen and oxygen atoms in total. The van der Waals surface area contributed by atoms with E-state index in [0.29, 0.717) is 25.9 Å². The lowest BCUT2D eigenvalue weighted by molar-refractivity contribution is -0.146. The Labute approximate surface area is 151 Å². The van der Waals surface area contributed by atoms with Gasteiger partial charge in [-0.2, -0.15) is 5.10 Å². The maximum atomic E-state index is 12.4. The molecule has 2 aromatic rings. The quantitative estimate of drug-likeness (QED) is 0.854. The van der Waals surface area contributed by atoms with Crippen LogP contribution in [0.25, 0.3) is 10.9 Å². The largest absolute Gasteiger partial charge is 0.481 e. The molecule has 1 fully saturated rings. The van der Waals surface area contributed by atoms with Crippen LogP contribution in [0.4, 0.5) is 0 Å². The van der Waals surface area contributed by atoms with Crippen molar-refractivity contribution in [2.24, 2.45) is 5.92 Å². The molecular weight excluding hydrogens is 336 g/mol. The molecule has 1 saturated heterocycles. The molecule has 1 N–H and O–H groups in total. The number of benzene rings is 1. The van der Waals surface area contributed by atoms with Crippen LogP contribution in [0, 0.1) is 5.92 Å². The molecule has 1 aromatic carbocycles. The Morgan fingerprint density at radius 1 is 1.23 bits per heavy atom. The number of para-hydroxylation sites is 1. The normalized spacial score (nSPS) is 15.2. The molecule has 0 aliphatic carbocycles. The molecule has 138 valence electrons. The van der Waals surface area contributed by atoms with E-state index >= 15 is 0 Å². The number of nitrogens with zero attached hydrogens (tertiary/aromatic N) is 4. The lowest BCUT2D eigenvalue weighted by Crippen LogP contribution is -2.46. The highest BCUT2D eigenvalue weighted by atomic mass is 16.4. The number of carbonyl (C=O) groups is 3. The first-order valence-corrected chi connectivity index (χ1v) is 8.61. The standard InChI is InChI=1S/C18H22N4O4/c1-20(11-17(24)21-8-6-13(7-9-21)18(25)26)16(23)12-22-15-5-3-2-4-14(15)10-19-22/h2-5,10,13H,6-9,11-12H2,1H3,(H,25,26). The molecule has 26 heavy (non-hydrogen) atoms. The minimum atomic E-state index is -0.809. The summed E-state index contributed by atoms with van der Waals surface area (Å²) in [6, 6.07) is 7.62. The predicted molar refractivity (Wildman–Crippen MR) is 94.3 cm³/mol. The fourth-order valence-corrected chi connectivity index (χ4v) is 3.17. The number of amides is 2. The van der Waals surface area contributed by atoms with E-state index in [0.717, 1.165) is 10.9 Å². The van der Waals surface area contributed by atoms with Crippen molar-refractivity contribution in [2.75, 3.05) is 26.7 Å². The number of rotatable bonds is 5. The number of carboxylic acid groups (broad SMARTS) is 1. The number of hydrogen-bond donors (Lipinski definition) is 1. The van der Waals surface area contributed by atoms with Crippen LogP contribution < -0.4 is 0 Å². The van der Waals surface area contributed by atoms with Crippen molar-refractivity contribution in [2.45, 2.75) is 19.4 Å². The van der Waals surface area contributed by atoms with Gasteiger partial charge in [0.25, 0.3) is 0 Å². The van der Waals surface area contributed by atoms with Gasteiger partial charge in [-0.05, 0) is 18.9 Å². The minimum absolute atomic E-state index is 0.0181. The van der Waals surface area contributed by atoms with E-state index in [1.807, 2.05) is 24.3 Å². The second-order valence-corrected chi connectivity index (χ2v) is 6.60. The molecule has 1 aliphatic rings. The van der Waals surface area contributed by atoms with E-state index in [1.54, 1.807) is 22.8 Å². The molecule has 0 spiro atoms. The van der Waals surface area contributed by atoms with Crippen LogP contribution >= 0.6 is 0 Å². The third-order valence-electron chi connectivity index (χ3n) is 4.83. The van der Waals surface area contributed by atoms with E-state index in [-0.39, 0.29) is 30.8 Å². The fraction of sp³-hybridized carbons (Fsp3) is 0.444. The molecule has 2 heterocycles. The van der Waals surface area contributed by atoms with Crippen molar-refractivity contribution in [3.63, 3.8) is 0 Å². The van der Waals surface area contributed by atoms with Gasteiger partial charge in [-0.15, -0.1) is 0 Å². The maximum absolute atomic E-state index is 12.4. The average molecular weight is 358 g/mol. The Morgan fingerprint density at radius 3 is 2.62 bits per heavy atom. The van der Waals surface area contributed by atoms with Gasteiger partial charge in [-0.3, -0.25) is 19.1 Å². The minimum Gasteiger partial charge on any atom is -0.481 e. The monoisotopic (exact) mass is 358 g/mol. The molecule has 0 unspecified atom stereocenters. The molecular formula is C18H22N4O4. The Balaban J connectivity index is 1.54. The zero-order valence-electron chi connectivity index (χ0n) is 14.7. The summed E-state index contributed by atoms with van der Waals surface area (Å²) in [4.78, 5) is 38.8. The van der Waals surface area contributed by atoms with E-state index in [4.69, 9.17) is 5.11 Å². The number of likely N-dealkylation sites (tertiary alicyclic amines) is 1. The van der Waals surface area contributed by atoms with Crippen molar-refractivity contribution in [1.82, 2.24) is 19.6 Å². The van der Waals surface area contributed by atoms with Gasteiger partial charge in [0.2, 0.25) is 11.8 Å². The Kier molecular flexibility index (Phi) is 5.20. The summed E-state index contributed by atoms with van der Waals surface area (Å²) >= 11 is 0. The topological polar surface area (TPSA) is 95.7 Å². The van der Waals surface area contributed by atoms with Gasteiger partial charge >= 0.3 is 5.97 Å². The summed E-state index contributed by atoms with van der Waals surface area (Å²) in [6.45, 7) is 0.886. The Morgan fingerprint density at radius 2 is 1.92 bits per heavy atom. The van der Waals surface area contributed by atoms with Crippen molar-refractivity contribution in [1.29, 1.82) is 0 Å². The van der Waals surface area contributed by atoms with Crippen LogP contribution in [0.3, 0.4) is 0 Å².